The summed E-state index contributed by atoms with van der Waals surface area (Å²) in [6, 6.07) is 2.99. The fourth-order valence-corrected chi connectivity index (χ4v) is 5.33. The van der Waals surface area contributed by atoms with E-state index in [1.54, 1.807) is 18.5 Å². The van der Waals surface area contributed by atoms with E-state index in [9.17, 15) is 34.8 Å². The summed E-state index contributed by atoms with van der Waals surface area (Å²) in [4.78, 5) is 46.1. The molecule has 6 N–H and O–H groups in total. The summed E-state index contributed by atoms with van der Waals surface area (Å²) in [5.41, 5.74) is 3.37. The van der Waals surface area contributed by atoms with Crippen molar-refractivity contribution < 1.29 is 34.8 Å². The number of aromatic nitrogens is 2. The van der Waals surface area contributed by atoms with Crippen molar-refractivity contribution in [1.29, 1.82) is 0 Å². The highest BCUT2D eigenvalue weighted by Crippen LogP contribution is 2.52. The van der Waals surface area contributed by atoms with Crippen LogP contribution < -0.4 is 5.73 Å². The maximum absolute atomic E-state index is 13.5. The van der Waals surface area contributed by atoms with Gasteiger partial charge in [-0.2, -0.15) is 0 Å². The van der Waals surface area contributed by atoms with E-state index in [1.165, 1.54) is 12.4 Å². The number of hydrogen-bond donors (Lipinski definition) is 5. The van der Waals surface area contributed by atoms with E-state index < -0.39 is 52.0 Å². The third kappa shape index (κ3) is 2.74. The molecular formula is C23H19N3O7. The summed E-state index contributed by atoms with van der Waals surface area (Å²) in [6.07, 6.45) is 4.52. The topological polar surface area (TPSA) is 184 Å². The number of aromatic hydroxyl groups is 1. The number of Topliss-reactive ketones (excluding diaryl/α,β-unsaturated/α-hetero) is 2. The number of nitrogens with two attached hydrogens (primary N) is 1. The maximum Gasteiger partial charge on any atom is 0.255 e. The van der Waals surface area contributed by atoms with Crippen molar-refractivity contribution in [3.63, 3.8) is 0 Å². The average molecular weight is 449 g/mol. The monoisotopic (exact) mass is 449 g/mol. The number of fused-ring (bicyclic) bond motifs is 3. The molecule has 0 saturated carbocycles. The third-order valence-corrected chi connectivity index (χ3v) is 6.82. The van der Waals surface area contributed by atoms with Gasteiger partial charge in [-0.05, 0) is 36.0 Å². The number of phenols is 1. The molecule has 0 radical (unpaired) electrons. The van der Waals surface area contributed by atoms with Crippen LogP contribution in [0.2, 0.25) is 0 Å². The van der Waals surface area contributed by atoms with Gasteiger partial charge in [0.05, 0.1) is 5.56 Å². The van der Waals surface area contributed by atoms with Crippen LogP contribution in [0.15, 0.2) is 53.5 Å². The molecule has 1 aromatic carbocycles. The minimum Gasteiger partial charge on any atom is -0.511 e. The van der Waals surface area contributed by atoms with Crippen LogP contribution in [0.1, 0.15) is 28.8 Å². The predicted molar refractivity (Wildman–Crippen MR) is 112 cm³/mol. The van der Waals surface area contributed by atoms with Gasteiger partial charge in [-0.25, -0.2) is 9.97 Å². The molecule has 10 heteroatoms. The second-order valence-corrected chi connectivity index (χ2v) is 8.52. The molecule has 1 heterocycles. The number of ketones is 2. The van der Waals surface area contributed by atoms with Crippen LogP contribution in [0.4, 0.5) is 0 Å². The Kier molecular flexibility index (Phi) is 4.40. The SMILES string of the molecule is NC(=O)C1=C(O)C[C@@H]2C[C@@H]3Cc4c(-c5cncnc5)ccc(O)c4C(=O)C3=C(O)[C@]2(O)C1=O. The molecule has 33 heavy (non-hydrogen) atoms. The van der Waals surface area contributed by atoms with Gasteiger partial charge in [-0.1, -0.05) is 6.07 Å². The van der Waals surface area contributed by atoms with Crippen LogP contribution in [-0.4, -0.2) is 53.5 Å². The zero-order valence-electron chi connectivity index (χ0n) is 17.1. The van der Waals surface area contributed by atoms with E-state index >= 15 is 0 Å². The average Bonchev–Trinajstić information content (AvgIpc) is 2.76. The normalized spacial score (nSPS) is 26.6. The van der Waals surface area contributed by atoms with Crippen LogP contribution in [-0.2, 0) is 16.0 Å². The van der Waals surface area contributed by atoms with Gasteiger partial charge in [-0.3, -0.25) is 14.4 Å². The molecule has 0 bridgehead atoms. The maximum atomic E-state index is 13.5. The number of rotatable bonds is 2. The first-order chi connectivity index (χ1) is 15.7. The number of benzene rings is 1. The number of aliphatic hydroxyl groups excluding tert-OH is 2. The van der Waals surface area contributed by atoms with Crippen molar-refractivity contribution in [2.24, 2.45) is 17.6 Å². The standard InChI is InChI=1S/C23H19N3O7/c24-22(32)18-15(28)5-11-3-9-4-13-12(10-6-25-8-26-7-10)1-2-14(27)17(13)19(29)16(9)20(30)23(11,33)21(18)31/h1-2,6-9,11,27-28,30,33H,3-5H2,(H2,24,32)/t9-,11+,23+/m1/s1. The second kappa shape index (κ2) is 6.97. The van der Waals surface area contributed by atoms with E-state index in [-0.39, 0.29) is 36.1 Å². The van der Waals surface area contributed by atoms with Crippen molar-refractivity contribution in [2.75, 3.05) is 0 Å². The number of carbonyl (C=O) groups is 3. The molecule has 2 aromatic rings. The van der Waals surface area contributed by atoms with Gasteiger partial charge in [0.25, 0.3) is 5.91 Å². The Labute approximate surface area is 186 Å². The smallest absolute Gasteiger partial charge is 0.255 e. The molecule has 0 fully saturated rings. The lowest BCUT2D eigenvalue weighted by Crippen LogP contribution is -2.57. The first-order valence-corrected chi connectivity index (χ1v) is 10.2. The molecular weight excluding hydrogens is 430 g/mol. The number of phenolic OH excluding ortho intramolecular Hbond substituents is 1. The minimum atomic E-state index is -2.57. The summed E-state index contributed by atoms with van der Waals surface area (Å²) in [5, 5.41) is 43.0. The molecule has 1 amide bonds. The summed E-state index contributed by atoms with van der Waals surface area (Å²) in [6.45, 7) is 0. The zero-order valence-corrected chi connectivity index (χ0v) is 17.1. The molecule has 168 valence electrons. The van der Waals surface area contributed by atoms with Gasteiger partial charge in [0.15, 0.2) is 11.4 Å². The van der Waals surface area contributed by atoms with Gasteiger partial charge >= 0.3 is 0 Å². The molecule has 3 aliphatic rings. The summed E-state index contributed by atoms with van der Waals surface area (Å²) in [5.74, 6) is -6.53. The number of nitrogens with zero attached hydrogens (tertiary/aromatic N) is 2. The number of amides is 1. The number of aliphatic hydroxyl groups is 3. The number of primary amides is 1. The summed E-state index contributed by atoms with van der Waals surface area (Å²) >= 11 is 0. The lowest BCUT2D eigenvalue weighted by molar-refractivity contribution is -0.144. The Balaban J connectivity index is 1.69. The minimum absolute atomic E-state index is 0.0482. The fraction of sp³-hybridized carbons (Fsp3) is 0.261. The zero-order chi connectivity index (χ0) is 23.7. The van der Waals surface area contributed by atoms with Gasteiger partial charge < -0.3 is 26.2 Å². The number of carbonyl (C=O) groups excluding carboxylic acids is 3. The highest BCUT2D eigenvalue weighted by molar-refractivity contribution is 6.24. The molecule has 0 unspecified atom stereocenters. The Morgan fingerprint density at radius 2 is 1.79 bits per heavy atom. The predicted octanol–water partition coefficient (Wildman–Crippen LogP) is 1.04. The third-order valence-electron chi connectivity index (χ3n) is 6.82. The van der Waals surface area contributed by atoms with Crippen molar-refractivity contribution in [2.45, 2.75) is 24.9 Å². The van der Waals surface area contributed by atoms with E-state index in [0.29, 0.717) is 16.7 Å². The van der Waals surface area contributed by atoms with Gasteiger partial charge in [0.2, 0.25) is 5.78 Å². The van der Waals surface area contributed by atoms with Crippen LogP contribution in [0.25, 0.3) is 11.1 Å². The lowest BCUT2D eigenvalue weighted by atomic mass is 9.60. The van der Waals surface area contributed by atoms with Crippen molar-refractivity contribution in [3.8, 4) is 16.9 Å². The molecule has 3 aliphatic carbocycles. The largest absolute Gasteiger partial charge is 0.511 e. The van der Waals surface area contributed by atoms with Crippen LogP contribution in [0.5, 0.6) is 5.75 Å². The lowest BCUT2D eigenvalue weighted by Gasteiger charge is -2.45. The van der Waals surface area contributed by atoms with Crippen molar-refractivity contribution in [1.82, 2.24) is 9.97 Å². The fourth-order valence-electron chi connectivity index (χ4n) is 5.33. The van der Waals surface area contributed by atoms with Crippen LogP contribution in [0, 0.1) is 11.8 Å². The number of allylic oxidation sites excluding steroid dienone is 2. The van der Waals surface area contributed by atoms with Crippen LogP contribution in [0.3, 0.4) is 0 Å². The summed E-state index contributed by atoms with van der Waals surface area (Å²) in [7, 11) is 0. The molecule has 1 aromatic heterocycles. The van der Waals surface area contributed by atoms with E-state index in [2.05, 4.69) is 9.97 Å². The number of hydrogen-bond acceptors (Lipinski definition) is 9. The van der Waals surface area contributed by atoms with Gasteiger partial charge in [0, 0.05) is 35.9 Å². The van der Waals surface area contributed by atoms with E-state index in [4.69, 9.17) is 5.73 Å². The Morgan fingerprint density at radius 3 is 2.45 bits per heavy atom. The van der Waals surface area contributed by atoms with Crippen molar-refractivity contribution >= 4 is 17.5 Å². The second-order valence-electron chi connectivity index (χ2n) is 8.52. The molecule has 0 aliphatic heterocycles. The van der Waals surface area contributed by atoms with Gasteiger partial charge in [0.1, 0.15) is 29.2 Å². The Morgan fingerprint density at radius 1 is 1.09 bits per heavy atom. The highest BCUT2D eigenvalue weighted by Gasteiger charge is 2.59. The first kappa shape index (κ1) is 20.8. The van der Waals surface area contributed by atoms with Crippen LogP contribution >= 0.6 is 0 Å². The highest BCUT2D eigenvalue weighted by atomic mass is 16.3. The van der Waals surface area contributed by atoms with Crippen molar-refractivity contribution in [3.05, 3.63) is 64.6 Å². The Hall–Kier alpha value is -4.05. The molecule has 3 atom stereocenters. The molecule has 5 rings (SSSR count). The Bertz CT molecular complexity index is 1310. The van der Waals surface area contributed by atoms with Gasteiger partial charge in [-0.15, -0.1) is 0 Å². The molecule has 0 saturated heterocycles. The summed E-state index contributed by atoms with van der Waals surface area (Å²) < 4.78 is 0. The van der Waals surface area contributed by atoms with E-state index in [1.807, 2.05) is 0 Å². The van der Waals surface area contributed by atoms with E-state index in [0.717, 1.165) is 0 Å². The first-order valence-electron chi connectivity index (χ1n) is 10.2. The molecule has 10 nitrogen and oxygen atoms in total. The quantitative estimate of drug-likeness (QED) is 0.418. The molecule has 0 spiro atoms.